The van der Waals surface area contributed by atoms with Crippen molar-refractivity contribution in [2.75, 3.05) is 6.54 Å². The first-order valence-corrected chi connectivity index (χ1v) is 7.22. The Balaban J connectivity index is 2.18. The third-order valence-electron chi connectivity index (χ3n) is 3.30. The lowest BCUT2D eigenvalue weighted by molar-refractivity contribution is 0.475. The van der Waals surface area contributed by atoms with Crippen LogP contribution in [0, 0.1) is 5.92 Å². The maximum absolute atomic E-state index is 4.15. The molecule has 2 aromatic rings. The van der Waals surface area contributed by atoms with Crippen LogP contribution in [0.3, 0.4) is 0 Å². The summed E-state index contributed by atoms with van der Waals surface area (Å²) in [4.78, 5) is 0. The Morgan fingerprint density at radius 3 is 2.45 bits per heavy atom. The van der Waals surface area contributed by atoms with Crippen LogP contribution >= 0.6 is 0 Å². The number of rotatable bonds is 6. The van der Waals surface area contributed by atoms with Crippen LogP contribution in [0.1, 0.15) is 45.1 Å². The number of benzene rings is 1. The quantitative estimate of drug-likeness (QED) is 0.878. The van der Waals surface area contributed by atoms with Gasteiger partial charge in [0.1, 0.15) is 0 Å². The highest BCUT2D eigenvalue weighted by Crippen LogP contribution is 2.15. The van der Waals surface area contributed by atoms with Crippen LogP contribution in [-0.2, 0) is 6.42 Å². The van der Waals surface area contributed by atoms with E-state index in [1.165, 1.54) is 5.56 Å². The van der Waals surface area contributed by atoms with Gasteiger partial charge in [-0.3, -0.25) is 0 Å². The van der Waals surface area contributed by atoms with Gasteiger partial charge in [-0.15, -0.1) is 5.10 Å². The predicted molar refractivity (Wildman–Crippen MR) is 79.8 cm³/mol. The van der Waals surface area contributed by atoms with Crippen molar-refractivity contribution in [1.29, 1.82) is 0 Å². The van der Waals surface area contributed by atoms with Gasteiger partial charge in [-0.25, -0.2) is 0 Å². The summed E-state index contributed by atoms with van der Waals surface area (Å²) in [5.41, 5.74) is 2.31. The summed E-state index contributed by atoms with van der Waals surface area (Å²) >= 11 is 0. The fourth-order valence-corrected chi connectivity index (χ4v) is 2.02. The lowest BCUT2D eigenvalue weighted by Gasteiger charge is -2.15. The van der Waals surface area contributed by atoms with E-state index in [1.54, 1.807) is 4.68 Å². The molecule has 0 spiro atoms. The highest BCUT2D eigenvalue weighted by molar-refractivity contribution is 5.34. The first-order chi connectivity index (χ1) is 9.61. The molecule has 20 heavy (non-hydrogen) atoms. The van der Waals surface area contributed by atoms with Crippen molar-refractivity contribution in [1.82, 2.24) is 25.5 Å². The maximum atomic E-state index is 4.15. The molecule has 1 atom stereocenters. The monoisotopic (exact) mass is 273 g/mol. The SMILES string of the molecule is CCc1ccc(-n2nnnc2C(C)NCC(C)C)cc1. The smallest absolute Gasteiger partial charge is 0.173 e. The lowest BCUT2D eigenvalue weighted by atomic mass is 10.1. The standard InChI is InChI=1S/C15H23N5/c1-5-13-6-8-14(9-7-13)20-15(17-18-19-20)12(4)16-10-11(2)3/h6-9,11-12,16H,5,10H2,1-4H3. The second-order valence-corrected chi connectivity index (χ2v) is 5.49. The van der Waals surface area contributed by atoms with Crippen LogP contribution in [0.15, 0.2) is 24.3 Å². The molecule has 5 nitrogen and oxygen atoms in total. The van der Waals surface area contributed by atoms with Gasteiger partial charge in [-0.2, -0.15) is 4.68 Å². The zero-order valence-corrected chi connectivity index (χ0v) is 12.7. The Bertz CT molecular complexity index is 529. The Kier molecular flexibility index (Phi) is 4.84. The molecule has 1 N–H and O–H groups in total. The summed E-state index contributed by atoms with van der Waals surface area (Å²) in [5, 5.41) is 15.5. The molecule has 1 unspecified atom stereocenters. The zero-order valence-electron chi connectivity index (χ0n) is 12.7. The third-order valence-corrected chi connectivity index (χ3v) is 3.30. The average molecular weight is 273 g/mol. The topological polar surface area (TPSA) is 55.6 Å². The van der Waals surface area contributed by atoms with Crippen molar-refractivity contribution in [3.8, 4) is 5.69 Å². The lowest BCUT2D eigenvalue weighted by Crippen LogP contribution is -2.25. The summed E-state index contributed by atoms with van der Waals surface area (Å²) < 4.78 is 1.80. The number of hydrogen-bond donors (Lipinski definition) is 1. The second kappa shape index (κ2) is 6.61. The van der Waals surface area contributed by atoms with Crippen LogP contribution < -0.4 is 5.32 Å². The van der Waals surface area contributed by atoms with Crippen LogP contribution in [0.5, 0.6) is 0 Å². The molecule has 2 rings (SSSR count). The number of aromatic nitrogens is 4. The fourth-order valence-electron chi connectivity index (χ4n) is 2.02. The van der Waals surface area contributed by atoms with Crippen LogP contribution in [0.25, 0.3) is 5.69 Å². The number of nitrogens with zero attached hydrogens (tertiary/aromatic N) is 4. The summed E-state index contributed by atoms with van der Waals surface area (Å²) in [6.45, 7) is 9.56. The van der Waals surface area contributed by atoms with Crippen LogP contribution in [-0.4, -0.2) is 26.8 Å². The average Bonchev–Trinajstić information content (AvgIpc) is 2.94. The molecule has 0 amide bonds. The Morgan fingerprint density at radius 1 is 1.15 bits per heavy atom. The van der Waals surface area contributed by atoms with Crippen molar-refractivity contribution in [2.24, 2.45) is 5.92 Å². The summed E-state index contributed by atoms with van der Waals surface area (Å²) in [7, 11) is 0. The normalized spacial score (nSPS) is 12.8. The molecule has 1 heterocycles. The molecule has 0 aliphatic carbocycles. The number of aryl methyl sites for hydroxylation is 1. The number of nitrogens with one attached hydrogen (secondary N) is 1. The van der Waals surface area contributed by atoms with Crippen molar-refractivity contribution in [3.63, 3.8) is 0 Å². The molecule has 0 saturated heterocycles. The van der Waals surface area contributed by atoms with E-state index in [-0.39, 0.29) is 6.04 Å². The van der Waals surface area contributed by atoms with E-state index in [0.29, 0.717) is 5.92 Å². The minimum atomic E-state index is 0.123. The van der Waals surface area contributed by atoms with E-state index < -0.39 is 0 Å². The Labute approximate surface area is 120 Å². The molecule has 1 aromatic carbocycles. The predicted octanol–water partition coefficient (Wildman–Crippen LogP) is 2.53. The zero-order chi connectivity index (χ0) is 14.5. The molecule has 108 valence electrons. The van der Waals surface area contributed by atoms with E-state index in [0.717, 1.165) is 24.5 Å². The molecule has 0 fully saturated rings. The minimum absolute atomic E-state index is 0.123. The highest BCUT2D eigenvalue weighted by atomic mass is 15.5. The molecule has 0 bridgehead atoms. The molecular formula is C15H23N5. The minimum Gasteiger partial charge on any atom is -0.307 e. The van der Waals surface area contributed by atoms with Crippen molar-refractivity contribution >= 4 is 0 Å². The van der Waals surface area contributed by atoms with Crippen LogP contribution in [0.2, 0.25) is 0 Å². The first-order valence-electron chi connectivity index (χ1n) is 7.22. The van der Waals surface area contributed by atoms with Gasteiger partial charge in [0.15, 0.2) is 5.82 Å². The summed E-state index contributed by atoms with van der Waals surface area (Å²) in [6.07, 6.45) is 1.04. The van der Waals surface area contributed by atoms with E-state index >= 15 is 0 Å². The van der Waals surface area contributed by atoms with Gasteiger partial charge in [0.05, 0.1) is 11.7 Å². The third kappa shape index (κ3) is 3.42. The molecule has 1 aromatic heterocycles. The summed E-state index contributed by atoms with van der Waals surface area (Å²) in [5.74, 6) is 1.44. The largest absolute Gasteiger partial charge is 0.307 e. The van der Waals surface area contributed by atoms with Gasteiger partial charge < -0.3 is 5.32 Å². The molecule has 0 aliphatic heterocycles. The van der Waals surface area contributed by atoms with Gasteiger partial charge >= 0.3 is 0 Å². The van der Waals surface area contributed by atoms with E-state index in [4.69, 9.17) is 0 Å². The molecule has 0 aliphatic rings. The molecule has 0 saturated carbocycles. The van der Waals surface area contributed by atoms with E-state index in [1.807, 2.05) is 0 Å². The maximum Gasteiger partial charge on any atom is 0.173 e. The van der Waals surface area contributed by atoms with Crippen molar-refractivity contribution in [2.45, 2.75) is 40.2 Å². The highest BCUT2D eigenvalue weighted by Gasteiger charge is 2.15. The number of hydrogen-bond acceptors (Lipinski definition) is 4. The van der Waals surface area contributed by atoms with Gasteiger partial charge in [0, 0.05) is 0 Å². The van der Waals surface area contributed by atoms with E-state index in [9.17, 15) is 0 Å². The van der Waals surface area contributed by atoms with Crippen molar-refractivity contribution < 1.29 is 0 Å². The summed E-state index contributed by atoms with van der Waals surface area (Å²) in [6, 6.07) is 8.49. The molecule has 0 radical (unpaired) electrons. The van der Waals surface area contributed by atoms with Gasteiger partial charge in [-0.1, -0.05) is 32.9 Å². The van der Waals surface area contributed by atoms with Gasteiger partial charge in [0.2, 0.25) is 0 Å². The van der Waals surface area contributed by atoms with Crippen molar-refractivity contribution in [3.05, 3.63) is 35.7 Å². The van der Waals surface area contributed by atoms with Crippen LogP contribution in [0.4, 0.5) is 0 Å². The Hall–Kier alpha value is -1.75. The molecule has 5 heteroatoms. The van der Waals surface area contributed by atoms with Gasteiger partial charge in [-0.05, 0) is 53.9 Å². The van der Waals surface area contributed by atoms with E-state index in [2.05, 4.69) is 72.8 Å². The number of tetrazole rings is 1. The fraction of sp³-hybridized carbons (Fsp3) is 0.533. The van der Waals surface area contributed by atoms with Gasteiger partial charge in [0.25, 0.3) is 0 Å². The second-order valence-electron chi connectivity index (χ2n) is 5.49. The molecular weight excluding hydrogens is 250 g/mol. The first kappa shape index (κ1) is 14.7. The Morgan fingerprint density at radius 2 is 1.85 bits per heavy atom.